The summed E-state index contributed by atoms with van der Waals surface area (Å²) in [4.78, 5) is 28.2. The van der Waals surface area contributed by atoms with E-state index in [2.05, 4.69) is 10.3 Å². The molecule has 1 amide bonds. The second-order valence-corrected chi connectivity index (χ2v) is 6.38. The lowest BCUT2D eigenvalue weighted by molar-refractivity contribution is -0.137. The smallest absolute Gasteiger partial charge is 0.305 e. The Morgan fingerprint density at radius 2 is 2.33 bits per heavy atom. The topological polar surface area (TPSA) is 83.7 Å². The van der Waals surface area contributed by atoms with Crippen LogP contribution in [-0.4, -0.2) is 32.4 Å². The Morgan fingerprint density at radius 1 is 1.57 bits per heavy atom. The Balaban J connectivity index is 1.66. The predicted molar refractivity (Wildman–Crippen MR) is 78.4 cm³/mol. The molecule has 3 rings (SSSR count). The molecule has 1 saturated carbocycles. The SMILES string of the molecule is Cc1cn2c(CC(=O)NC(CC(=O)O)C3CC3)csc2n1. The summed E-state index contributed by atoms with van der Waals surface area (Å²) < 4.78 is 1.92. The first-order chi connectivity index (χ1) is 10.0. The highest BCUT2D eigenvalue weighted by Gasteiger charge is 2.33. The minimum Gasteiger partial charge on any atom is -0.481 e. The van der Waals surface area contributed by atoms with Gasteiger partial charge in [0.05, 0.1) is 18.5 Å². The summed E-state index contributed by atoms with van der Waals surface area (Å²) in [5.41, 5.74) is 1.81. The van der Waals surface area contributed by atoms with Crippen LogP contribution in [0.25, 0.3) is 4.96 Å². The molecule has 112 valence electrons. The van der Waals surface area contributed by atoms with E-state index in [9.17, 15) is 9.59 Å². The van der Waals surface area contributed by atoms with Crippen molar-refractivity contribution in [3.8, 4) is 0 Å². The number of imidazole rings is 1. The van der Waals surface area contributed by atoms with Gasteiger partial charge in [0.1, 0.15) is 0 Å². The second-order valence-electron chi connectivity index (χ2n) is 5.55. The number of nitrogens with one attached hydrogen (secondary N) is 1. The molecule has 21 heavy (non-hydrogen) atoms. The number of hydrogen-bond donors (Lipinski definition) is 2. The highest BCUT2D eigenvalue weighted by molar-refractivity contribution is 7.15. The molecule has 1 fully saturated rings. The normalized spacial score (nSPS) is 16.0. The van der Waals surface area contributed by atoms with Gasteiger partial charge < -0.3 is 10.4 Å². The molecule has 2 aromatic rings. The maximum absolute atomic E-state index is 12.2. The molecule has 0 aliphatic heterocycles. The van der Waals surface area contributed by atoms with E-state index in [-0.39, 0.29) is 24.8 Å². The van der Waals surface area contributed by atoms with Crippen molar-refractivity contribution < 1.29 is 14.7 Å². The molecule has 6 nitrogen and oxygen atoms in total. The fourth-order valence-electron chi connectivity index (χ4n) is 2.51. The second kappa shape index (κ2) is 5.48. The molecule has 1 aliphatic rings. The van der Waals surface area contributed by atoms with Crippen LogP contribution in [0.5, 0.6) is 0 Å². The third-order valence-electron chi connectivity index (χ3n) is 3.68. The van der Waals surface area contributed by atoms with Crippen molar-refractivity contribution in [3.05, 3.63) is 23.0 Å². The highest BCUT2D eigenvalue weighted by atomic mass is 32.1. The predicted octanol–water partition coefficient (Wildman–Crippen LogP) is 1.62. The molecule has 2 N–H and O–H groups in total. The zero-order valence-electron chi connectivity index (χ0n) is 11.7. The van der Waals surface area contributed by atoms with E-state index < -0.39 is 5.97 Å². The van der Waals surface area contributed by atoms with Gasteiger partial charge in [0, 0.05) is 23.3 Å². The van der Waals surface area contributed by atoms with Gasteiger partial charge in [-0.15, -0.1) is 11.3 Å². The van der Waals surface area contributed by atoms with E-state index in [1.54, 1.807) is 0 Å². The Morgan fingerprint density at radius 3 is 3.00 bits per heavy atom. The number of aromatic nitrogens is 2. The molecule has 0 saturated heterocycles. The van der Waals surface area contributed by atoms with Crippen LogP contribution in [0.1, 0.15) is 30.7 Å². The molecule has 0 radical (unpaired) electrons. The molecule has 1 atom stereocenters. The van der Waals surface area contributed by atoms with E-state index >= 15 is 0 Å². The first-order valence-electron chi connectivity index (χ1n) is 6.96. The number of aryl methyl sites for hydroxylation is 1. The lowest BCUT2D eigenvalue weighted by atomic mass is 10.1. The van der Waals surface area contributed by atoms with E-state index in [1.165, 1.54) is 11.3 Å². The maximum atomic E-state index is 12.2. The monoisotopic (exact) mass is 307 g/mol. The Kier molecular flexibility index (Phi) is 3.67. The number of hydrogen-bond acceptors (Lipinski definition) is 4. The van der Waals surface area contributed by atoms with Crippen LogP contribution in [0.2, 0.25) is 0 Å². The minimum atomic E-state index is -0.865. The van der Waals surface area contributed by atoms with Crippen LogP contribution < -0.4 is 5.32 Å². The van der Waals surface area contributed by atoms with Gasteiger partial charge in [0.25, 0.3) is 0 Å². The average Bonchev–Trinajstić information content (AvgIpc) is 3.09. The lowest BCUT2D eigenvalue weighted by Gasteiger charge is -2.15. The number of aliphatic carboxylic acids is 1. The molecule has 7 heteroatoms. The first-order valence-corrected chi connectivity index (χ1v) is 7.84. The number of nitrogens with zero attached hydrogens (tertiary/aromatic N) is 2. The zero-order chi connectivity index (χ0) is 15.0. The Labute approximate surface area is 125 Å². The van der Waals surface area contributed by atoms with Crippen LogP contribution in [0, 0.1) is 12.8 Å². The molecule has 1 aliphatic carbocycles. The van der Waals surface area contributed by atoms with Gasteiger partial charge in [-0.05, 0) is 25.7 Å². The summed E-state index contributed by atoms with van der Waals surface area (Å²) in [6.07, 6.45) is 4.16. The molecule has 1 unspecified atom stereocenters. The number of carboxylic acids is 1. The summed E-state index contributed by atoms with van der Waals surface area (Å²) in [6, 6.07) is -0.242. The van der Waals surface area contributed by atoms with Gasteiger partial charge in [-0.25, -0.2) is 4.98 Å². The lowest BCUT2D eigenvalue weighted by Crippen LogP contribution is -2.39. The summed E-state index contributed by atoms with van der Waals surface area (Å²) in [5, 5.41) is 13.7. The van der Waals surface area contributed by atoms with Crippen LogP contribution in [0.3, 0.4) is 0 Å². The van der Waals surface area contributed by atoms with E-state index in [0.29, 0.717) is 5.92 Å². The van der Waals surface area contributed by atoms with Gasteiger partial charge >= 0.3 is 5.97 Å². The summed E-state index contributed by atoms with van der Waals surface area (Å²) >= 11 is 1.50. The highest BCUT2D eigenvalue weighted by Crippen LogP contribution is 2.34. The molecule has 0 bridgehead atoms. The maximum Gasteiger partial charge on any atom is 0.305 e. The van der Waals surface area contributed by atoms with Crippen LogP contribution in [0.15, 0.2) is 11.6 Å². The largest absolute Gasteiger partial charge is 0.481 e. The number of carbonyl (C=O) groups excluding carboxylic acids is 1. The third kappa shape index (κ3) is 3.24. The minimum absolute atomic E-state index is 0.000359. The van der Waals surface area contributed by atoms with E-state index in [0.717, 1.165) is 29.2 Å². The molecule has 2 aromatic heterocycles. The molecular formula is C14H17N3O3S. The van der Waals surface area contributed by atoms with E-state index in [4.69, 9.17) is 5.11 Å². The number of rotatable bonds is 6. The number of carboxylic acid groups (broad SMARTS) is 1. The number of fused-ring (bicyclic) bond motifs is 1. The average molecular weight is 307 g/mol. The van der Waals surface area contributed by atoms with Gasteiger partial charge in [-0.1, -0.05) is 0 Å². The third-order valence-corrected chi connectivity index (χ3v) is 4.57. The summed E-state index contributed by atoms with van der Waals surface area (Å²) in [6.45, 7) is 1.92. The van der Waals surface area contributed by atoms with Crippen molar-refractivity contribution in [1.82, 2.24) is 14.7 Å². The van der Waals surface area contributed by atoms with Gasteiger partial charge in [0.15, 0.2) is 4.96 Å². The molecule has 2 heterocycles. The molecule has 0 spiro atoms. The van der Waals surface area contributed by atoms with Crippen molar-refractivity contribution in [2.45, 2.75) is 38.6 Å². The fraction of sp³-hybridized carbons (Fsp3) is 0.500. The van der Waals surface area contributed by atoms with Crippen molar-refractivity contribution >= 4 is 28.2 Å². The summed E-state index contributed by atoms with van der Waals surface area (Å²) in [7, 11) is 0. The first kappa shape index (κ1) is 14.1. The van der Waals surface area contributed by atoms with Crippen LogP contribution in [-0.2, 0) is 16.0 Å². The van der Waals surface area contributed by atoms with E-state index in [1.807, 2.05) is 22.9 Å². The van der Waals surface area contributed by atoms with Crippen LogP contribution in [0.4, 0.5) is 0 Å². The zero-order valence-corrected chi connectivity index (χ0v) is 12.5. The van der Waals surface area contributed by atoms with Crippen molar-refractivity contribution in [3.63, 3.8) is 0 Å². The summed E-state index contributed by atoms with van der Waals surface area (Å²) in [5.74, 6) is -0.669. The van der Waals surface area contributed by atoms with Crippen molar-refractivity contribution in [2.75, 3.05) is 0 Å². The van der Waals surface area contributed by atoms with Crippen molar-refractivity contribution in [2.24, 2.45) is 5.92 Å². The number of thiazole rings is 1. The fourth-order valence-corrected chi connectivity index (χ4v) is 3.43. The van der Waals surface area contributed by atoms with Gasteiger partial charge in [-0.3, -0.25) is 14.0 Å². The van der Waals surface area contributed by atoms with Crippen molar-refractivity contribution in [1.29, 1.82) is 0 Å². The number of amides is 1. The van der Waals surface area contributed by atoms with Crippen LogP contribution >= 0.6 is 11.3 Å². The molecular weight excluding hydrogens is 290 g/mol. The number of carbonyl (C=O) groups is 2. The van der Waals surface area contributed by atoms with Gasteiger partial charge in [0.2, 0.25) is 5.91 Å². The Hall–Kier alpha value is -1.89. The Bertz CT molecular complexity index is 687. The molecule has 0 aromatic carbocycles. The standard InChI is InChI=1S/C14H17N3O3S/c1-8-6-17-10(7-21-14(17)15-8)4-12(18)16-11(5-13(19)20)9-2-3-9/h6-7,9,11H,2-5H2,1H3,(H,16,18)(H,19,20). The quantitative estimate of drug-likeness (QED) is 0.849. The van der Waals surface area contributed by atoms with Gasteiger partial charge in [-0.2, -0.15) is 0 Å².